The Kier molecular flexibility index (Phi) is 6.82. The van der Waals surface area contributed by atoms with E-state index >= 15 is 0 Å². The van der Waals surface area contributed by atoms with Gasteiger partial charge in [-0.2, -0.15) is 0 Å². The molecule has 2 atom stereocenters. The highest BCUT2D eigenvalue weighted by atomic mass is 32.2. The van der Waals surface area contributed by atoms with Crippen molar-refractivity contribution in [2.75, 3.05) is 24.9 Å². The molecule has 0 amide bonds. The predicted octanol–water partition coefficient (Wildman–Crippen LogP) is 0.121. The van der Waals surface area contributed by atoms with Crippen LogP contribution in [-0.4, -0.2) is 48.7 Å². The zero-order valence-corrected chi connectivity index (χ0v) is 11.4. The first-order valence-electron chi connectivity index (χ1n) is 4.88. The quantitative estimate of drug-likeness (QED) is 0.614. The van der Waals surface area contributed by atoms with E-state index < -0.39 is 26.6 Å². The third-order valence-corrected chi connectivity index (χ3v) is 4.78. The highest BCUT2D eigenvalue weighted by Crippen LogP contribution is 2.05. The smallest absolute Gasteiger partial charge is 0.306 e. The molecule has 0 aliphatic carbocycles. The molecule has 0 radical (unpaired) electrons. The van der Waals surface area contributed by atoms with Crippen LogP contribution in [0.5, 0.6) is 0 Å². The minimum absolute atomic E-state index is 0.0314. The fourth-order valence-electron chi connectivity index (χ4n) is 1.08. The largest absolute Gasteiger partial charge is 0.469 e. The van der Waals surface area contributed by atoms with E-state index in [-0.39, 0.29) is 17.4 Å². The first kappa shape index (κ1) is 15.6. The summed E-state index contributed by atoms with van der Waals surface area (Å²) >= 11 is 0. The van der Waals surface area contributed by atoms with Gasteiger partial charge in [0.1, 0.15) is 9.84 Å². The molecule has 0 N–H and O–H groups in total. The van der Waals surface area contributed by atoms with Gasteiger partial charge in [0.05, 0.1) is 19.3 Å². The molecule has 0 aromatic carbocycles. The number of ether oxygens (including phenoxy) is 1. The van der Waals surface area contributed by atoms with Gasteiger partial charge >= 0.3 is 5.97 Å². The molecular formula is C9H18O5S2. The lowest BCUT2D eigenvalue weighted by molar-refractivity contribution is -0.140. The minimum atomic E-state index is -3.00. The van der Waals surface area contributed by atoms with Gasteiger partial charge < -0.3 is 4.74 Å². The molecule has 0 fully saturated rings. The fourth-order valence-corrected chi connectivity index (χ4v) is 3.08. The summed E-state index contributed by atoms with van der Waals surface area (Å²) in [6.45, 7) is 1.69. The number of rotatable bonds is 7. The zero-order chi connectivity index (χ0) is 12.8. The molecule has 0 aromatic heterocycles. The maximum Gasteiger partial charge on any atom is 0.306 e. The van der Waals surface area contributed by atoms with Crippen LogP contribution in [0.3, 0.4) is 0 Å². The monoisotopic (exact) mass is 270 g/mol. The maximum absolute atomic E-state index is 11.6. The van der Waals surface area contributed by atoms with Crippen LogP contribution in [0.1, 0.15) is 19.8 Å². The molecule has 0 aliphatic heterocycles. The molecule has 5 nitrogen and oxygen atoms in total. The molecule has 0 rings (SSSR count). The third-order valence-electron chi connectivity index (χ3n) is 1.99. The van der Waals surface area contributed by atoms with Crippen molar-refractivity contribution in [3.8, 4) is 0 Å². The predicted molar refractivity (Wildman–Crippen MR) is 63.4 cm³/mol. The molecule has 0 saturated heterocycles. The second-order valence-corrected chi connectivity index (χ2v) is 7.89. The summed E-state index contributed by atoms with van der Waals surface area (Å²) in [5.74, 6) is -0.0708. The Morgan fingerprint density at radius 2 is 2.00 bits per heavy atom. The Balaban J connectivity index is 3.93. The van der Waals surface area contributed by atoms with E-state index in [1.807, 2.05) is 0 Å². The topological polar surface area (TPSA) is 77.5 Å². The number of carbonyl (C=O) groups is 1. The van der Waals surface area contributed by atoms with Crippen molar-refractivity contribution >= 4 is 26.6 Å². The van der Waals surface area contributed by atoms with Gasteiger partial charge in [-0.25, -0.2) is 8.42 Å². The standard InChI is InChI=1S/C9H18O5S2/c1-8(7-9(10)14-2)15(11)5-4-6-16(3,12)13/h8H,4-7H2,1-3H3. The van der Waals surface area contributed by atoms with E-state index in [9.17, 15) is 17.4 Å². The van der Waals surface area contributed by atoms with E-state index in [1.54, 1.807) is 6.92 Å². The molecule has 96 valence electrons. The number of hydrogen-bond donors (Lipinski definition) is 0. The summed E-state index contributed by atoms with van der Waals surface area (Å²) in [7, 11) is -2.91. The Hall–Kier alpha value is -0.430. The Morgan fingerprint density at radius 1 is 1.44 bits per heavy atom. The average Bonchev–Trinajstić information content (AvgIpc) is 2.15. The van der Waals surface area contributed by atoms with Crippen LogP contribution in [0.15, 0.2) is 0 Å². The molecular weight excluding hydrogens is 252 g/mol. The second-order valence-electron chi connectivity index (χ2n) is 3.66. The van der Waals surface area contributed by atoms with Crippen molar-refractivity contribution in [2.24, 2.45) is 0 Å². The van der Waals surface area contributed by atoms with Gasteiger partial charge in [0, 0.05) is 28.1 Å². The summed E-state index contributed by atoms with van der Waals surface area (Å²) in [6, 6.07) is 0. The van der Waals surface area contributed by atoms with Gasteiger partial charge in [-0.05, 0) is 6.42 Å². The van der Waals surface area contributed by atoms with Crippen LogP contribution in [0, 0.1) is 0 Å². The van der Waals surface area contributed by atoms with E-state index in [0.29, 0.717) is 12.2 Å². The Labute approximate surface area is 98.9 Å². The van der Waals surface area contributed by atoms with Crippen LogP contribution in [0.2, 0.25) is 0 Å². The lowest BCUT2D eigenvalue weighted by atomic mass is 10.3. The van der Waals surface area contributed by atoms with Gasteiger partial charge in [-0.3, -0.25) is 9.00 Å². The van der Waals surface area contributed by atoms with Crippen molar-refractivity contribution in [1.29, 1.82) is 0 Å². The summed E-state index contributed by atoms with van der Waals surface area (Å²) < 4.78 is 37.7. The van der Waals surface area contributed by atoms with Crippen LogP contribution in [-0.2, 0) is 30.2 Å². The Morgan fingerprint density at radius 3 is 2.44 bits per heavy atom. The first-order valence-corrected chi connectivity index (χ1v) is 8.32. The van der Waals surface area contributed by atoms with Crippen LogP contribution >= 0.6 is 0 Å². The van der Waals surface area contributed by atoms with Gasteiger partial charge in [0.15, 0.2) is 0 Å². The highest BCUT2D eigenvalue weighted by molar-refractivity contribution is 7.90. The van der Waals surface area contributed by atoms with Crippen molar-refractivity contribution in [3.63, 3.8) is 0 Å². The number of methoxy groups -OCH3 is 1. The van der Waals surface area contributed by atoms with Gasteiger partial charge in [0.25, 0.3) is 0 Å². The summed E-state index contributed by atoms with van der Waals surface area (Å²) in [6.07, 6.45) is 1.60. The molecule has 0 spiro atoms. The van der Waals surface area contributed by atoms with Gasteiger partial charge in [0.2, 0.25) is 0 Å². The maximum atomic E-state index is 11.6. The van der Waals surface area contributed by atoms with Gasteiger partial charge in [-0.15, -0.1) is 0 Å². The zero-order valence-electron chi connectivity index (χ0n) is 9.76. The normalized spacial score (nSPS) is 15.4. The molecule has 0 aromatic rings. The number of esters is 1. The van der Waals surface area contributed by atoms with E-state index in [0.717, 1.165) is 6.26 Å². The van der Waals surface area contributed by atoms with Crippen molar-refractivity contribution in [1.82, 2.24) is 0 Å². The van der Waals surface area contributed by atoms with Crippen molar-refractivity contribution in [2.45, 2.75) is 25.0 Å². The molecule has 16 heavy (non-hydrogen) atoms. The number of carbonyl (C=O) groups excluding carboxylic acids is 1. The first-order chi connectivity index (χ1) is 7.26. The van der Waals surface area contributed by atoms with E-state index in [1.165, 1.54) is 7.11 Å². The Bertz CT molecular complexity index is 347. The molecule has 2 unspecified atom stereocenters. The molecule has 7 heteroatoms. The lowest BCUT2D eigenvalue weighted by Crippen LogP contribution is -2.20. The molecule has 0 aliphatic rings. The molecule has 0 heterocycles. The van der Waals surface area contributed by atoms with E-state index in [2.05, 4.69) is 4.74 Å². The van der Waals surface area contributed by atoms with Crippen molar-refractivity contribution in [3.05, 3.63) is 0 Å². The second kappa shape index (κ2) is 7.01. The van der Waals surface area contributed by atoms with Crippen molar-refractivity contribution < 1.29 is 22.2 Å². The molecule has 0 saturated carbocycles. The fraction of sp³-hybridized carbons (Fsp3) is 0.889. The number of sulfone groups is 1. The van der Waals surface area contributed by atoms with E-state index in [4.69, 9.17) is 0 Å². The summed E-state index contributed by atoms with van der Waals surface area (Å²) in [5, 5.41) is -0.299. The summed E-state index contributed by atoms with van der Waals surface area (Å²) in [4.78, 5) is 10.9. The van der Waals surface area contributed by atoms with Crippen LogP contribution in [0.4, 0.5) is 0 Å². The highest BCUT2D eigenvalue weighted by Gasteiger charge is 2.16. The molecule has 0 bridgehead atoms. The summed E-state index contributed by atoms with van der Waals surface area (Å²) in [5.41, 5.74) is 0. The van der Waals surface area contributed by atoms with Crippen LogP contribution in [0.25, 0.3) is 0 Å². The average molecular weight is 270 g/mol. The SMILES string of the molecule is COC(=O)CC(C)S(=O)CCCS(C)(=O)=O. The minimum Gasteiger partial charge on any atom is -0.469 e. The van der Waals surface area contributed by atoms with Crippen LogP contribution < -0.4 is 0 Å². The number of hydrogen-bond acceptors (Lipinski definition) is 5. The lowest BCUT2D eigenvalue weighted by Gasteiger charge is -2.09. The van der Waals surface area contributed by atoms with Gasteiger partial charge in [-0.1, -0.05) is 6.92 Å². The third kappa shape index (κ3) is 7.81.